The molecule has 0 bridgehead atoms. The summed E-state index contributed by atoms with van der Waals surface area (Å²) in [6.45, 7) is 0.540. The van der Waals surface area contributed by atoms with E-state index in [1.807, 2.05) is 18.3 Å². The monoisotopic (exact) mass is 410 g/mol. The fourth-order valence-corrected chi connectivity index (χ4v) is 3.07. The van der Waals surface area contributed by atoms with Crippen LogP contribution >= 0.6 is 39.1 Å². The van der Waals surface area contributed by atoms with Crippen LogP contribution < -0.4 is 5.32 Å². The molecule has 0 atom stereocenters. The Balaban J connectivity index is 1.65. The number of fused-ring (bicyclic) bond motifs is 1. The molecule has 3 rings (SSSR count). The van der Waals surface area contributed by atoms with Gasteiger partial charge in [-0.3, -0.25) is 4.79 Å². The molecule has 3 aromatic rings. The highest BCUT2D eigenvalue weighted by Crippen LogP contribution is 2.24. The molecule has 0 aliphatic carbocycles. The van der Waals surface area contributed by atoms with E-state index in [0.29, 0.717) is 22.2 Å². The minimum absolute atomic E-state index is 0.162. The summed E-state index contributed by atoms with van der Waals surface area (Å²) in [6, 6.07) is 10.9. The largest absolute Gasteiger partial charge is 0.361 e. The lowest BCUT2D eigenvalue weighted by Gasteiger charge is -2.06. The quantitative estimate of drug-likeness (QED) is 0.608. The number of amides is 1. The zero-order chi connectivity index (χ0) is 16.4. The SMILES string of the molecule is O=C(NCCc1c[nH]c2ccc(Br)cc12)c1ccc(Cl)c(Cl)c1. The first-order valence-electron chi connectivity index (χ1n) is 7.03. The Morgan fingerprint density at radius 1 is 1.13 bits per heavy atom. The van der Waals surface area contributed by atoms with Gasteiger partial charge in [0.25, 0.3) is 5.91 Å². The molecule has 1 heterocycles. The summed E-state index contributed by atoms with van der Waals surface area (Å²) in [5, 5.41) is 4.87. The molecule has 1 aromatic heterocycles. The summed E-state index contributed by atoms with van der Waals surface area (Å²) in [4.78, 5) is 15.4. The lowest BCUT2D eigenvalue weighted by atomic mass is 10.1. The molecule has 118 valence electrons. The number of nitrogens with one attached hydrogen (secondary N) is 2. The smallest absolute Gasteiger partial charge is 0.251 e. The van der Waals surface area contributed by atoms with Crippen LogP contribution in [0.4, 0.5) is 0 Å². The fourth-order valence-electron chi connectivity index (χ4n) is 2.41. The Morgan fingerprint density at radius 2 is 1.96 bits per heavy atom. The molecule has 2 aromatic carbocycles. The molecule has 0 aliphatic heterocycles. The lowest BCUT2D eigenvalue weighted by Crippen LogP contribution is -2.25. The van der Waals surface area contributed by atoms with E-state index in [1.165, 1.54) is 0 Å². The molecule has 0 radical (unpaired) electrons. The second-order valence-corrected chi connectivity index (χ2v) is 6.87. The van der Waals surface area contributed by atoms with Crippen LogP contribution in [-0.4, -0.2) is 17.4 Å². The highest BCUT2D eigenvalue weighted by Gasteiger charge is 2.09. The highest BCUT2D eigenvalue weighted by atomic mass is 79.9. The highest BCUT2D eigenvalue weighted by molar-refractivity contribution is 9.10. The number of hydrogen-bond donors (Lipinski definition) is 2. The zero-order valence-corrected chi connectivity index (χ0v) is 15.1. The second-order valence-electron chi connectivity index (χ2n) is 5.14. The number of aromatic amines is 1. The molecule has 23 heavy (non-hydrogen) atoms. The van der Waals surface area contributed by atoms with E-state index in [0.717, 1.165) is 27.4 Å². The standard InChI is InChI=1S/C17H13BrCl2N2O/c18-12-2-4-16-13(8-12)11(9-22-16)5-6-21-17(23)10-1-3-14(19)15(20)7-10/h1-4,7-9,22H,5-6H2,(H,21,23). The van der Waals surface area contributed by atoms with E-state index in [2.05, 4.69) is 32.3 Å². The van der Waals surface area contributed by atoms with Crippen molar-refractivity contribution in [2.75, 3.05) is 6.54 Å². The van der Waals surface area contributed by atoms with Gasteiger partial charge in [-0.1, -0.05) is 39.1 Å². The molecule has 6 heteroatoms. The number of aromatic nitrogens is 1. The molecule has 0 saturated carbocycles. The molecule has 3 nitrogen and oxygen atoms in total. The van der Waals surface area contributed by atoms with Gasteiger partial charge < -0.3 is 10.3 Å². The van der Waals surface area contributed by atoms with Crippen molar-refractivity contribution in [3.63, 3.8) is 0 Å². The number of benzene rings is 2. The minimum atomic E-state index is -0.162. The van der Waals surface area contributed by atoms with Crippen molar-refractivity contribution in [1.82, 2.24) is 10.3 Å². The average Bonchev–Trinajstić information content (AvgIpc) is 2.92. The van der Waals surface area contributed by atoms with E-state index in [9.17, 15) is 4.79 Å². The van der Waals surface area contributed by atoms with Gasteiger partial charge in [0.2, 0.25) is 0 Å². The van der Waals surface area contributed by atoms with Crippen LogP contribution in [0, 0.1) is 0 Å². The van der Waals surface area contributed by atoms with Gasteiger partial charge in [0.05, 0.1) is 10.0 Å². The van der Waals surface area contributed by atoms with E-state index < -0.39 is 0 Å². The van der Waals surface area contributed by atoms with Crippen LogP contribution in [0.2, 0.25) is 10.0 Å². The third-order valence-electron chi connectivity index (χ3n) is 3.59. The Hall–Kier alpha value is -1.49. The molecular formula is C17H13BrCl2N2O. The first-order chi connectivity index (χ1) is 11.0. The van der Waals surface area contributed by atoms with E-state index in [1.54, 1.807) is 18.2 Å². The Labute approximate surface area is 152 Å². The van der Waals surface area contributed by atoms with Crippen LogP contribution in [0.1, 0.15) is 15.9 Å². The van der Waals surface area contributed by atoms with E-state index in [4.69, 9.17) is 23.2 Å². The number of carbonyl (C=O) groups is 1. The summed E-state index contributed by atoms with van der Waals surface area (Å²) >= 11 is 15.3. The maximum absolute atomic E-state index is 12.1. The first kappa shape index (κ1) is 16.4. The number of carbonyl (C=O) groups excluding carboxylic acids is 1. The van der Waals surface area contributed by atoms with Gasteiger partial charge in [0.1, 0.15) is 0 Å². The first-order valence-corrected chi connectivity index (χ1v) is 8.58. The van der Waals surface area contributed by atoms with Crippen molar-refractivity contribution in [3.05, 3.63) is 68.2 Å². The predicted molar refractivity (Wildman–Crippen MR) is 98.5 cm³/mol. The van der Waals surface area contributed by atoms with Crippen molar-refractivity contribution < 1.29 is 4.79 Å². The zero-order valence-electron chi connectivity index (χ0n) is 12.0. The minimum Gasteiger partial charge on any atom is -0.361 e. The molecule has 0 aliphatic rings. The van der Waals surface area contributed by atoms with Gasteiger partial charge in [-0.15, -0.1) is 0 Å². The molecule has 0 spiro atoms. The summed E-state index contributed by atoms with van der Waals surface area (Å²) in [5.74, 6) is -0.162. The van der Waals surface area contributed by atoms with Gasteiger partial charge in [0.15, 0.2) is 0 Å². The third-order valence-corrected chi connectivity index (χ3v) is 4.82. The molecule has 1 amide bonds. The average molecular weight is 412 g/mol. The van der Waals surface area contributed by atoms with Gasteiger partial charge in [-0.05, 0) is 48.4 Å². The van der Waals surface area contributed by atoms with Gasteiger partial charge in [0, 0.05) is 33.7 Å². The molecule has 0 unspecified atom stereocenters. The van der Waals surface area contributed by atoms with E-state index >= 15 is 0 Å². The summed E-state index contributed by atoms with van der Waals surface area (Å²) < 4.78 is 1.03. The maximum atomic E-state index is 12.1. The predicted octanol–water partition coefficient (Wildman–Crippen LogP) is 5.21. The normalized spacial score (nSPS) is 10.9. The van der Waals surface area contributed by atoms with Crippen molar-refractivity contribution in [2.24, 2.45) is 0 Å². The maximum Gasteiger partial charge on any atom is 0.251 e. The molecule has 2 N–H and O–H groups in total. The van der Waals surface area contributed by atoms with Crippen molar-refractivity contribution in [1.29, 1.82) is 0 Å². The van der Waals surface area contributed by atoms with Gasteiger partial charge >= 0.3 is 0 Å². The topological polar surface area (TPSA) is 44.9 Å². The van der Waals surface area contributed by atoms with Crippen LogP contribution in [0.15, 0.2) is 47.1 Å². The van der Waals surface area contributed by atoms with Gasteiger partial charge in [-0.25, -0.2) is 0 Å². The van der Waals surface area contributed by atoms with E-state index in [-0.39, 0.29) is 5.91 Å². The number of rotatable bonds is 4. The number of hydrogen-bond acceptors (Lipinski definition) is 1. The van der Waals surface area contributed by atoms with Crippen LogP contribution in [0.25, 0.3) is 10.9 Å². The molecule has 0 saturated heterocycles. The van der Waals surface area contributed by atoms with Crippen LogP contribution in [0.5, 0.6) is 0 Å². The second kappa shape index (κ2) is 6.95. The lowest BCUT2D eigenvalue weighted by molar-refractivity contribution is 0.0954. The third kappa shape index (κ3) is 3.71. The van der Waals surface area contributed by atoms with Crippen LogP contribution in [0.3, 0.4) is 0 Å². The van der Waals surface area contributed by atoms with Gasteiger partial charge in [-0.2, -0.15) is 0 Å². The van der Waals surface area contributed by atoms with Crippen molar-refractivity contribution >= 4 is 55.9 Å². The molecule has 0 fully saturated rings. The van der Waals surface area contributed by atoms with Crippen LogP contribution in [-0.2, 0) is 6.42 Å². The summed E-state index contributed by atoms with van der Waals surface area (Å²) in [5.41, 5.74) is 2.75. The Bertz CT molecular complexity index is 876. The number of H-pyrrole nitrogens is 1. The Kier molecular flexibility index (Phi) is 4.95. The summed E-state index contributed by atoms with van der Waals surface area (Å²) in [7, 11) is 0. The Morgan fingerprint density at radius 3 is 2.74 bits per heavy atom. The molecular weight excluding hydrogens is 399 g/mol. The van der Waals surface area contributed by atoms with Crippen molar-refractivity contribution in [3.8, 4) is 0 Å². The number of halogens is 3. The summed E-state index contributed by atoms with van der Waals surface area (Å²) in [6.07, 6.45) is 2.71. The fraction of sp³-hybridized carbons (Fsp3) is 0.118. The van der Waals surface area contributed by atoms with Crippen molar-refractivity contribution in [2.45, 2.75) is 6.42 Å².